The van der Waals surface area contributed by atoms with Gasteiger partial charge in [-0.05, 0) is 24.3 Å². The second kappa shape index (κ2) is 7.57. The summed E-state index contributed by atoms with van der Waals surface area (Å²) in [5, 5.41) is 8.27. The maximum absolute atomic E-state index is 4.46. The van der Waals surface area contributed by atoms with E-state index in [9.17, 15) is 0 Å². The van der Waals surface area contributed by atoms with Crippen molar-refractivity contribution in [3.63, 3.8) is 0 Å². The van der Waals surface area contributed by atoms with Gasteiger partial charge in [-0.2, -0.15) is 10.2 Å². The van der Waals surface area contributed by atoms with Crippen LogP contribution in [0.1, 0.15) is 0 Å². The largest absolute Gasteiger partial charge is 0.223 e. The third-order valence-corrected chi connectivity index (χ3v) is 2.20. The molecule has 0 aliphatic carbocycles. The van der Waals surface area contributed by atoms with Gasteiger partial charge in [0.15, 0.2) is 11.6 Å². The van der Waals surface area contributed by atoms with Gasteiger partial charge in [-0.25, -0.2) is 14.3 Å². The molecule has 0 N–H and O–H groups in total. The van der Waals surface area contributed by atoms with Crippen molar-refractivity contribution >= 4 is 28.5 Å². The fourth-order valence-corrected chi connectivity index (χ4v) is 1.48. The first kappa shape index (κ1) is 14.4. The molecule has 0 unspecified atom stereocenters. The van der Waals surface area contributed by atoms with E-state index in [1.807, 2.05) is 42.7 Å². The number of nitrogens with zero attached hydrogens (tertiary/aromatic N) is 5. The Labute approximate surface area is 130 Å². The van der Waals surface area contributed by atoms with Gasteiger partial charge in [0.2, 0.25) is 0 Å². The van der Waals surface area contributed by atoms with Crippen LogP contribution in [0.15, 0.2) is 55.1 Å². The van der Waals surface area contributed by atoms with E-state index < -0.39 is 0 Å². The van der Waals surface area contributed by atoms with Crippen molar-refractivity contribution in [2.24, 2.45) is 0 Å². The molecule has 3 aromatic heterocycles. The molecule has 0 spiro atoms. The molecule has 3 aromatic rings. The maximum atomic E-state index is 4.46. The summed E-state index contributed by atoms with van der Waals surface area (Å²) in [4.78, 5) is 4.46. The van der Waals surface area contributed by atoms with Crippen LogP contribution in [-0.2, 0) is 10.9 Å². The Kier molecular flexibility index (Phi) is 5.75. The minimum atomic E-state index is 0.776. The molecular formula is C11H9Br2N5Ni. The summed E-state index contributed by atoms with van der Waals surface area (Å²) in [5.41, 5.74) is 0. The van der Waals surface area contributed by atoms with Crippen molar-refractivity contribution < 1.29 is 10.9 Å². The van der Waals surface area contributed by atoms with Crippen LogP contribution in [0.25, 0.3) is 11.6 Å². The quantitative estimate of drug-likeness (QED) is 0.588. The van der Waals surface area contributed by atoms with Crippen LogP contribution in [0.5, 0.6) is 0 Å². The molecule has 3 rings (SSSR count). The minimum absolute atomic E-state index is 0.776. The second-order valence-electron chi connectivity index (χ2n) is 3.30. The van der Waals surface area contributed by atoms with Crippen molar-refractivity contribution in [2.45, 2.75) is 0 Å². The summed E-state index contributed by atoms with van der Waals surface area (Å²) < 4.78 is 3.43. The zero-order chi connectivity index (χ0) is 13.5. The molecule has 0 aromatic carbocycles. The Balaban J connectivity index is 0.000000408. The Morgan fingerprint density at radius 3 is 1.68 bits per heavy atom. The standard InChI is InChI=1S/C11H9N5.2BrH.Ni/c1-4-10(15-8-2-6-12-15)14-11(5-1)16-9-3-7-13-16;;;/h1-9H;2*1H;/q;;;+2/p-2. The van der Waals surface area contributed by atoms with Gasteiger partial charge in [-0.1, -0.05) is 6.07 Å². The van der Waals surface area contributed by atoms with Crippen molar-refractivity contribution in [1.82, 2.24) is 24.5 Å². The molecule has 5 nitrogen and oxygen atoms in total. The predicted octanol–water partition coefficient (Wildman–Crippen LogP) is 3.14. The van der Waals surface area contributed by atoms with Crippen molar-refractivity contribution in [3.05, 3.63) is 55.1 Å². The summed E-state index contributed by atoms with van der Waals surface area (Å²) in [6, 6.07) is 9.46. The van der Waals surface area contributed by atoms with Gasteiger partial charge in [-0.15, -0.1) is 0 Å². The zero-order valence-electron chi connectivity index (χ0n) is 9.50. The molecular weight excluding hydrogens is 421 g/mol. The van der Waals surface area contributed by atoms with Crippen molar-refractivity contribution in [2.75, 3.05) is 0 Å². The molecule has 0 aliphatic rings. The molecule has 0 amide bonds. The summed E-state index contributed by atoms with van der Waals surface area (Å²) in [5.74, 6) is 1.55. The first-order chi connectivity index (χ1) is 9.35. The van der Waals surface area contributed by atoms with Crippen LogP contribution in [-0.4, -0.2) is 24.5 Å². The van der Waals surface area contributed by atoms with E-state index in [0.29, 0.717) is 0 Å². The van der Waals surface area contributed by atoms with E-state index in [2.05, 4.69) is 43.6 Å². The predicted molar refractivity (Wildman–Crippen MR) is 76.3 cm³/mol. The maximum Gasteiger partial charge on any atom is 0.155 e. The van der Waals surface area contributed by atoms with Gasteiger partial charge in [0.1, 0.15) is 0 Å². The number of aromatic nitrogens is 5. The summed E-state index contributed by atoms with van der Waals surface area (Å²) in [6.07, 6.45) is 7.16. The van der Waals surface area contributed by atoms with Gasteiger partial charge in [0.25, 0.3) is 0 Å². The van der Waals surface area contributed by atoms with Crippen LogP contribution in [0, 0.1) is 0 Å². The van der Waals surface area contributed by atoms with Crippen LogP contribution >= 0.6 is 28.5 Å². The van der Waals surface area contributed by atoms with Crippen molar-refractivity contribution in [3.8, 4) is 11.6 Å². The topological polar surface area (TPSA) is 48.5 Å². The monoisotopic (exact) mass is 427 g/mol. The van der Waals surface area contributed by atoms with Crippen LogP contribution in [0.4, 0.5) is 0 Å². The Morgan fingerprint density at radius 1 is 0.842 bits per heavy atom. The van der Waals surface area contributed by atoms with Gasteiger partial charge in [0.05, 0.1) is 0 Å². The Bertz CT molecular complexity index is 548. The van der Waals surface area contributed by atoms with E-state index in [0.717, 1.165) is 11.6 Å². The summed E-state index contributed by atoms with van der Waals surface area (Å²) in [7, 11) is 1.25. The Morgan fingerprint density at radius 2 is 1.32 bits per heavy atom. The molecule has 19 heavy (non-hydrogen) atoms. The van der Waals surface area contributed by atoms with E-state index in [4.69, 9.17) is 0 Å². The van der Waals surface area contributed by atoms with E-state index in [1.165, 1.54) is 10.9 Å². The van der Waals surface area contributed by atoms with Crippen LogP contribution < -0.4 is 0 Å². The average molecular weight is 430 g/mol. The molecule has 0 atom stereocenters. The van der Waals surface area contributed by atoms with Crippen LogP contribution in [0.3, 0.4) is 0 Å². The zero-order valence-corrected chi connectivity index (χ0v) is 13.7. The van der Waals surface area contributed by atoms with Gasteiger partial charge >= 0.3 is 39.3 Å². The molecule has 0 saturated carbocycles. The third kappa shape index (κ3) is 3.99. The van der Waals surface area contributed by atoms with Crippen LogP contribution in [0.2, 0.25) is 0 Å². The molecule has 0 saturated heterocycles. The number of halogens is 2. The number of hydrogen-bond donors (Lipinski definition) is 0. The molecule has 0 fully saturated rings. The van der Waals surface area contributed by atoms with E-state index in [1.54, 1.807) is 21.8 Å². The minimum Gasteiger partial charge on any atom is -0.223 e. The molecule has 0 bridgehead atoms. The fourth-order valence-electron chi connectivity index (χ4n) is 1.48. The number of pyridine rings is 1. The molecule has 0 aliphatic heterocycles. The molecule has 0 radical (unpaired) electrons. The molecule has 3 heterocycles. The van der Waals surface area contributed by atoms with Gasteiger partial charge in [0, 0.05) is 24.8 Å². The summed E-state index contributed by atoms with van der Waals surface area (Å²) >= 11 is 6.00. The molecule has 8 heteroatoms. The van der Waals surface area contributed by atoms with E-state index in [-0.39, 0.29) is 0 Å². The van der Waals surface area contributed by atoms with Crippen molar-refractivity contribution in [1.29, 1.82) is 0 Å². The Hall–Kier alpha value is -0.976. The number of hydrogen-bond acceptors (Lipinski definition) is 3. The summed E-state index contributed by atoms with van der Waals surface area (Å²) in [6.45, 7) is 0. The smallest absolute Gasteiger partial charge is 0.155 e. The first-order valence-corrected chi connectivity index (χ1v) is 10.0. The average Bonchev–Trinajstić information content (AvgIpc) is 3.14. The normalized spacial score (nSPS) is 10.0. The SMILES string of the molecule is [Br][Ni][Br].c1cc(-n2cccn2)nc(-n2cccn2)c1. The number of rotatable bonds is 2. The van der Waals surface area contributed by atoms with Gasteiger partial charge in [-0.3, -0.25) is 0 Å². The second-order valence-corrected chi connectivity index (χ2v) is 8.28. The third-order valence-electron chi connectivity index (χ3n) is 2.20. The van der Waals surface area contributed by atoms with E-state index >= 15 is 0 Å². The fraction of sp³-hybridized carbons (Fsp3) is 0. The first-order valence-electron chi connectivity index (χ1n) is 5.14. The molecule has 102 valence electrons. The van der Waals surface area contributed by atoms with Gasteiger partial charge < -0.3 is 0 Å².